The molecule has 0 amide bonds. The molecule has 5 heteroatoms. The van der Waals surface area contributed by atoms with Gasteiger partial charge in [0.1, 0.15) is 0 Å². The molecule has 1 N–H and O–H groups in total. The summed E-state index contributed by atoms with van der Waals surface area (Å²) in [6.45, 7) is 1.40. The van der Waals surface area contributed by atoms with Crippen LogP contribution < -0.4 is 14.8 Å². The molecule has 2 aromatic rings. The fourth-order valence-corrected chi connectivity index (χ4v) is 2.59. The zero-order chi connectivity index (χ0) is 15.2. The molecule has 2 rings (SSSR count). The van der Waals surface area contributed by atoms with Crippen LogP contribution in [0.3, 0.4) is 0 Å². The molecule has 0 saturated heterocycles. The maximum atomic E-state index is 6.18. The van der Waals surface area contributed by atoms with Gasteiger partial charge >= 0.3 is 0 Å². The standard InChI is InChI=1S/C16H17Cl2NO2/c1-20-15-8-12(7-14(18)16(15)21-2)10-19-9-11-4-3-5-13(17)6-11/h3-8,19H,9-10H2,1-2H3. The van der Waals surface area contributed by atoms with Crippen LogP contribution in [0.25, 0.3) is 0 Å². The lowest BCUT2D eigenvalue weighted by atomic mass is 10.2. The van der Waals surface area contributed by atoms with Gasteiger partial charge in [0.15, 0.2) is 11.5 Å². The van der Waals surface area contributed by atoms with Crippen LogP contribution in [-0.4, -0.2) is 14.2 Å². The molecular formula is C16H17Cl2NO2. The van der Waals surface area contributed by atoms with E-state index in [1.807, 2.05) is 36.4 Å². The number of benzene rings is 2. The van der Waals surface area contributed by atoms with Crippen molar-refractivity contribution in [1.82, 2.24) is 5.32 Å². The largest absolute Gasteiger partial charge is 0.493 e. The molecule has 2 aromatic carbocycles. The maximum absolute atomic E-state index is 6.18. The predicted molar refractivity (Wildman–Crippen MR) is 86.6 cm³/mol. The highest BCUT2D eigenvalue weighted by Crippen LogP contribution is 2.35. The van der Waals surface area contributed by atoms with Crippen LogP contribution in [0.1, 0.15) is 11.1 Å². The van der Waals surface area contributed by atoms with Crippen molar-refractivity contribution in [2.24, 2.45) is 0 Å². The quantitative estimate of drug-likeness (QED) is 0.858. The summed E-state index contributed by atoms with van der Waals surface area (Å²) in [4.78, 5) is 0. The van der Waals surface area contributed by atoms with Crippen LogP contribution in [0.15, 0.2) is 36.4 Å². The van der Waals surface area contributed by atoms with E-state index < -0.39 is 0 Å². The highest BCUT2D eigenvalue weighted by atomic mass is 35.5. The second kappa shape index (κ2) is 7.55. The summed E-state index contributed by atoms with van der Waals surface area (Å²) in [6, 6.07) is 11.5. The Balaban J connectivity index is 2.02. The Kier molecular flexibility index (Phi) is 5.74. The first-order chi connectivity index (χ1) is 10.1. The van der Waals surface area contributed by atoms with Gasteiger partial charge in [-0.3, -0.25) is 0 Å². The smallest absolute Gasteiger partial charge is 0.179 e. The number of halogens is 2. The van der Waals surface area contributed by atoms with E-state index in [1.54, 1.807) is 14.2 Å². The van der Waals surface area contributed by atoms with Crippen molar-refractivity contribution >= 4 is 23.2 Å². The Hall–Kier alpha value is -1.42. The first kappa shape index (κ1) is 16.0. The average Bonchev–Trinajstić information content (AvgIpc) is 2.46. The van der Waals surface area contributed by atoms with Gasteiger partial charge in [0.25, 0.3) is 0 Å². The summed E-state index contributed by atoms with van der Waals surface area (Å²) in [5, 5.41) is 4.63. The Morgan fingerprint density at radius 2 is 1.71 bits per heavy atom. The summed E-state index contributed by atoms with van der Waals surface area (Å²) in [5.41, 5.74) is 2.16. The van der Waals surface area contributed by atoms with Crippen molar-refractivity contribution in [3.63, 3.8) is 0 Å². The highest BCUT2D eigenvalue weighted by molar-refractivity contribution is 6.32. The number of rotatable bonds is 6. The molecule has 0 unspecified atom stereocenters. The van der Waals surface area contributed by atoms with Gasteiger partial charge in [0.2, 0.25) is 0 Å². The molecule has 0 aliphatic heterocycles. The van der Waals surface area contributed by atoms with Crippen LogP contribution in [0.2, 0.25) is 10.0 Å². The van der Waals surface area contributed by atoms with Crippen molar-refractivity contribution in [1.29, 1.82) is 0 Å². The van der Waals surface area contributed by atoms with E-state index in [9.17, 15) is 0 Å². The van der Waals surface area contributed by atoms with Crippen LogP contribution in [0.5, 0.6) is 11.5 Å². The average molecular weight is 326 g/mol. The van der Waals surface area contributed by atoms with Crippen molar-refractivity contribution in [3.8, 4) is 11.5 Å². The lowest BCUT2D eigenvalue weighted by molar-refractivity contribution is 0.354. The summed E-state index contributed by atoms with van der Waals surface area (Å²) in [7, 11) is 3.16. The van der Waals surface area contributed by atoms with Crippen molar-refractivity contribution in [2.75, 3.05) is 14.2 Å². The molecule has 0 radical (unpaired) electrons. The first-order valence-corrected chi connectivity index (χ1v) is 7.25. The third-order valence-corrected chi connectivity index (χ3v) is 3.56. The maximum Gasteiger partial charge on any atom is 0.179 e. The monoisotopic (exact) mass is 325 g/mol. The number of methoxy groups -OCH3 is 2. The van der Waals surface area contributed by atoms with E-state index in [4.69, 9.17) is 32.7 Å². The van der Waals surface area contributed by atoms with Crippen molar-refractivity contribution in [2.45, 2.75) is 13.1 Å². The van der Waals surface area contributed by atoms with Gasteiger partial charge in [-0.2, -0.15) is 0 Å². The van der Waals surface area contributed by atoms with Crippen molar-refractivity contribution < 1.29 is 9.47 Å². The third kappa shape index (κ3) is 4.27. The second-order valence-corrected chi connectivity index (χ2v) is 5.39. The first-order valence-electron chi connectivity index (χ1n) is 6.49. The number of hydrogen-bond acceptors (Lipinski definition) is 3. The molecule has 0 fully saturated rings. The van der Waals surface area contributed by atoms with Gasteiger partial charge in [-0.25, -0.2) is 0 Å². The molecule has 0 atom stereocenters. The SMILES string of the molecule is COc1cc(CNCc2cccc(Cl)c2)cc(Cl)c1OC. The van der Waals surface area contributed by atoms with E-state index in [-0.39, 0.29) is 0 Å². The Labute approximate surface area is 134 Å². The molecular weight excluding hydrogens is 309 g/mol. The van der Waals surface area contributed by atoms with Gasteiger partial charge in [0.05, 0.1) is 19.2 Å². The summed E-state index contributed by atoms with van der Waals surface area (Å²) in [5.74, 6) is 1.18. The molecule has 0 aliphatic rings. The second-order valence-electron chi connectivity index (χ2n) is 4.55. The molecule has 0 aliphatic carbocycles. The molecule has 0 saturated carbocycles. The molecule has 112 valence electrons. The van der Waals surface area contributed by atoms with Crippen molar-refractivity contribution in [3.05, 3.63) is 57.6 Å². The summed E-state index contributed by atoms with van der Waals surface area (Å²) in [6.07, 6.45) is 0. The van der Waals surface area contributed by atoms with E-state index in [2.05, 4.69) is 5.32 Å². The predicted octanol–water partition coefficient (Wildman–Crippen LogP) is 4.30. The van der Waals surface area contributed by atoms with E-state index in [0.717, 1.165) is 22.7 Å². The number of hydrogen-bond donors (Lipinski definition) is 1. The highest BCUT2D eigenvalue weighted by Gasteiger charge is 2.10. The molecule has 0 bridgehead atoms. The third-order valence-electron chi connectivity index (χ3n) is 3.04. The molecule has 0 aromatic heterocycles. The minimum Gasteiger partial charge on any atom is -0.493 e. The Bertz CT molecular complexity index is 617. The minimum absolute atomic E-state index is 0.538. The Morgan fingerprint density at radius 1 is 0.952 bits per heavy atom. The lowest BCUT2D eigenvalue weighted by Crippen LogP contribution is -2.12. The molecule has 0 heterocycles. The van der Waals surface area contributed by atoms with E-state index >= 15 is 0 Å². The zero-order valence-corrected chi connectivity index (χ0v) is 13.5. The van der Waals surface area contributed by atoms with Crippen LogP contribution in [0.4, 0.5) is 0 Å². The normalized spacial score (nSPS) is 10.5. The van der Waals surface area contributed by atoms with Gasteiger partial charge in [-0.15, -0.1) is 0 Å². The van der Waals surface area contributed by atoms with E-state index in [0.29, 0.717) is 23.1 Å². The molecule has 21 heavy (non-hydrogen) atoms. The lowest BCUT2D eigenvalue weighted by Gasteiger charge is -2.12. The summed E-state index contributed by atoms with van der Waals surface area (Å²) < 4.78 is 10.5. The topological polar surface area (TPSA) is 30.5 Å². The van der Waals surface area contributed by atoms with Gasteiger partial charge < -0.3 is 14.8 Å². The van der Waals surface area contributed by atoms with Crippen LogP contribution in [0, 0.1) is 0 Å². The fourth-order valence-electron chi connectivity index (χ4n) is 2.07. The molecule has 0 spiro atoms. The zero-order valence-electron chi connectivity index (χ0n) is 12.0. The van der Waals surface area contributed by atoms with Crippen LogP contribution >= 0.6 is 23.2 Å². The Morgan fingerprint density at radius 3 is 2.38 bits per heavy atom. The number of nitrogens with one attached hydrogen (secondary N) is 1. The molecule has 3 nitrogen and oxygen atoms in total. The summed E-state index contributed by atoms with van der Waals surface area (Å²) >= 11 is 12.1. The van der Waals surface area contributed by atoms with E-state index in [1.165, 1.54) is 0 Å². The van der Waals surface area contributed by atoms with Gasteiger partial charge in [-0.05, 0) is 35.4 Å². The minimum atomic E-state index is 0.538. The van der Waals surface area contributed by atoms with Crippen LogP contribution in [-0.2, 0) is 13.1 Å². The fraction of sp³-hybridized carbons (Fsp3) is 0.250. The van der Waals surface area contributed by atoms with Gasteiger partial charge in [0, 0.05) is 18.1 Å². The number of ether oxygens (including phenoxy) is 2. The van der Waals surface area contributed by atoms with Gasteiger partial charge in [-0.1, -0.05) is 35.3 Å².